The zero-order valence-corrected chi connectivity index (χ0v) is 14.6. The molecule has 25 heavy (non-hydrogen) atoms. The fourth-order valence-electron chi connectivity index (χ4n) is 7.14. The fourth-order valence-corrected chi connectivity index (χ4v) is 7.14. The molecule has 2 fully saturated rings. The lowest BCUT2D eigenvalue weighted by Gasteiger charge is -2.39. The van der Waals surface area contributed by atoms with Crippen molar-refractivity contribution < 1.29 is 0 Å². The van der Waals surface area contributed by atoms with Gasteiger partial charge in [0.2, 0.25) is 0 Å². The van der Waals surface area contributed by atoms with Crippen molar-refractivity contribution in [3.63, 3.8) is 0 Å². The smallest absolute Gasteiger partial charge is 0.0170 e. The van der Waals surface area contributed by atoms with E-state index in [4.69, 9.17) is 0 Å². The Bertz CT molecular complexity index is 973. The molecule has 0 N–H and O–H groups in total. The molecule has 3 aliphatic carbocycles. The van der Waals surface area contributed by atoms with Gasteiger partial charge in [0, 0.05) is 10.8 Å². The molecular weight excluding hydrogens is 300 g/mol. The van der Waals surface area contributed by atoms with E-state index in [1.165, 1.54) is 12.8 Å². The van der Waals surface area contributed by atoms with Gasteiger partial charge in [-0.1, -0.05) is 91.9 Å². The molecule has 0 heteroatoms. The van der Waals surface area contributed by atoms with Crippen LogP contribution >= 0.6 is 0 Å². The van der Waals surface area contributed by atoms with Crippen molar-refractivity contribution in [1.29, 1.82) is 0 Å². The molecule has 3 aromatic rings. The maximum Gasteiger partial charge on any atom is 0.0170 e. The van der Waals surface area contributed by atoms with Gasteiger partial charge in [0.1, 0.15) is 0 Å². The molecule has 122 valence electrons. The van der Waals surface area contributed by atoms with Gasteiger partial charge in [-0.15, -0.1) is 0 Å². The van der Waals surface area contributed by atoms with Crippen molar-refractivity contribution in [3.05, 3.63) is 107 Å². The van der Waals surface area contributed by atoms with Gasteiger partial charge in [-0.2, -0.15) is 0 Å². The van der Waals surface area contributed by atoms with Gasteiger partial charge < -0.3 is 0 Å². The summed E-state index contributed by atoms with van der Waals surface area (Å²) in [5.74, 6) is 0.760. The van der Waals surface area contributed by atoms with Crippen molar-refractivity contribution in [1.82, 2.24) is 0 Å². The molecule has 3 aromatic carbocycles. The lowest BCUT2D eigenvalue weighted by Crippen LogP contribution is -2.38. The van der Waals surface area contributed by atoms with Crippen LogP contribution in [0, 0.1) is 11.3 Å². The minimum atomic E-state index is 0.288. The van der Waals surface area contributed by atoms with E-state index in [0.717, 1.165) is 5.92 Å². The molecule has 0 nitrogen and oxygen atoms in total. The molecule has 0 aromatic heterocycles. The molecule has 0 radical (unpaired) electrons. The van der Waals surface area contributed by atoms with E-state index >= 15 is 0 Å². The highest BCUT2D eigenvalue weighted by Crippen LogP contribution is 3.01. The summed E-state index contributed by atoms with van der Waals surface area (Å²) in [4.78, 5) is 0. The average Bonchev–Trinajstić information content (AvgIpc) is 3.47. The first-order chi connectivity index (χ1) is 12.3. The van der Waals surface area contributed by atoms with E-state index in [2.05, 4.69) is 91.9 Å². The Morgan fingerprint density at radius 2 is 1.16 bits per heavy atom. The SMILES string of the molecule is C[C@@H]1C23Cc4ccccc4C[C@@]2(c2ccccc2)[C@@]13c1ccccc1. The van der Waals surface area contributed by atoms with E-state index in [-0.39, 0.29) is 5.41 Å². The number of benzene rings is 3. The fraction of sp³-hybridized carbons (Fsp3) is 0.280. The van der Waals surface area contributed by atoms with Gasteiger partial charge in [-0.25, -0.2) is 0 Å². The molecular formula is C25H22. The van der Waals surface area contributed by atoms with Gasteiger partial charge in [0.15, 0.2) is 0 Å². The Morgan fingerprint density at radius 1 is 0.640 bits per heavy atom. The molecule has 2 saturated carbocycles. The van der Waals surface area contributed by atoms with Crippen molar-refractivity contribution in [2.24, 2.45) is 11.3 Å². The third-order valence-corrected chi connectivity index (χ3v) is 7.92. The topological polar surface area (TPSA) is 0 Å². The molecule has 0 bridgehead atoms. The van der Waals surface area contributed by atoms with Crippen LogP contribution in [0.5, 0.6) is 0 Å². The van der Waals surface area contributed by atoms with Crippen LogP contribution in [-0.2, 0) is 23.7 Å². The van der Waals surface area contributed by atoms with E-state index in [1.54, 1.807) is 22.3 Å². The summed E-state index contributed by atoms with van der Waals surface area (Å²) in [6.45, 7) is 2.49. The predicted octanol–water partition coefficient (Wildman–Crippen LogP) is 5.31. The highest BCUT2D eigenvalue weighted by Gasteiger charge is 3.03. The third kappa shape index (κ3) is 1.26. The highest BCUT2D eigenvalue weighted by molar-refractivity contribution is 5.72. The maximum atomic E-state index is 2.49. The molecule has 6 rings (SSSR count). The van der Waals surface area contributed by atoms with E-state index in [0.29, 0.717) is 10.8 Å². The van der Waals surface area contributed by atoms with Gasteiger partial charge >= 0.3 is 0 Å². The van der Waals surface area contributed by atoms with Gasteiger partial charge in [-0.05, 0) is 46.4 Å². The van der Waals surface area contributed by atoms with Crippen LogP contribution < -0.4 is 0 Å². The minimum absolute atomic E-state index is 0.288. The van der Waals surface area contributed by atoms with Crippen LogP contribution in [0.25, 0.3) is 0 Å². The first kappa shape index (κ1) is 13.9. The first-order valence-electron chi connectivity index (χ1n) is 9.47. The largest absolute Gasteiger partial charge is 0.0622 e. The quantitative estimate of drug-likeness (QED) is 0.600. The van der Waals surface area contributed by atoms with E-state index < -0.39 is 0 Å². The first-order valence-corrected chi connectivity index (χ1v) is 9.47. The molecule has 0 aliphatic heterocycles. The summed E-state index contributed by atoms with van der Waals surface area (Å²) in [5, 5.41) is 0. The second-order valence-electron chi connectivity index (χ2n) is 8.26. The molecule has 1 spiro atoms. The monoisotopic (exact) mass is 322 g/mol. The van der Waals surface area contributed by atoms with Crippen LogP contribution in [0.15, 0.2) is 84.9 Å². The average molecular weight is 322 g/mol. The lowest BCUT2D eigenvalue weighted by molar-refractivity contribution is 0.300. The van der Waals surface area contributed by atoms with E-state index in [1.807, 2.05) is 0 Å². The van der Waals surface area contributed by atoms with Crippen LogP contribution in [0.1, 0.15) is 29.2 Å². The Labute approximate surface area is 149 Å². The molecule has 0 heterocycles. The number of hydrogen-bond acceptors (Lipinski definition) is 0. The molecule has 3 aliphatic rings. The summed E-state index contributed by atoms with van der Waals surface area (Å²) in [6.07, 6.45) is 2.42. The standard InChI is InChI=1S/C25H22/c1-18-23-16-19-10-8-9-11-20(19)17-24(23,21-12-4-2-5-13-21)25(18,23)22-14-6-3-7-15-22/h2-15,18H,16-17H2,1H3/t18-,23?,24+,25-/m1/s1. The lowest BCUT2D eigenvalue weighted by atomic mass is 9.64. The summed E-state index contributed by atoms with van der Waals surface area (Å²) < 4.78 is 0. The van der Waals surface area contributed by atoms with Crippen LogP contribution in [-0.4, -0.2) is 0 Å². The summed E-state index contributed by atoms with van der Waals surface area (Å²) in [6, 6.07) is 31.8. The van der Waals surface area contributed by atoms with Crippen LogP contribution in [0.3, 0.4) is 0 Å². The number of hydrogen-bond donors (Lipinski definition) is 0. The zero-order chi connectivity index (χ0) is 16.7. The van der Waals surface area contributed by atoms with Crippen molar-refractivity contribution in [2.75, 3.05) is 0 Å². The Hall–Kier alpha value is -2.34. The van der Waals surface area contributed by atoms with Crippen molar-refractivity contribution in [3.8, 4) is 0 Å². The number of fused-ring (bicyclic) bond motifs is 2. The second kappa shape index (κ2) is 4.25. The third-order valence-electron chi connectivity index (χ3n) is 7.92. The second-order valence-corrected chi connectivity index (χ2v) is 8.26. The van der Waals surface area contributed by atoms with Gasteiger partial charge in [-0.3, -0.25) is 0 Å². The Kier molecular flexibility index (Phi) is 2.36. The minimum Gasteiger partial charge on any atom is -0.0622 e. The number of rotatable bonds is 2. The Balaban J connectivity index is 1.62. The van der Waals surface area contributed by atoms with Gasteiger partial charge in [0.25, 0.3) is 0 Å². The summed E-state index contributed by atoms with van der Waals surface area (Å²) in [5.41, 5.74) is 7.27. The zero-order valence-electron chi connectivity index (χ0n) is 14.6. The Morgan fingerprint density at radius 3 is 1.80 bits per heavy atom. The normalized spacial score (nSPS) is 36.8. The predicted molar refractivity (Wildman–Crippen MR) is 102 cm³/mol. The highest BCUT2D eigenvalue weighted by atomic mass is 15.0. The molecule has 1 unspecified atom stereocenters. The van der Waals surface area contributed by atoms with Crippen LogP contribution in [0.2, 0.25) is 0 Å². The molecule has 0 saturated heterocycles. The maximum absolute atomic E-state index is 2.49. The van der Waals surface area contributed by atoms with E-state index in [9.17, 15) is 0 Å². The van der Waals surface area contributed by atoms with Crippen molar-refractivity contribution >= 4 is 0 Å². The summed E-state index contributed by atoms with van der Waals surface area (Å²) in [7, 11) is 0. The molecule has 0 amide bonds. The van der Waals surface area contributed by atoms with Gasteiger partial charge in [0.05, 0.1) is 0 Å². The van der Waals surface area contributed by atoms with Crippen molar-refractivity contribution in [2.45, 2.75) is 30.6 Å². The summed E-state index contributed by atoms with van der Waals surface area (Å²) >= 11 is 0. The molecule has 4 atom stereocenters. The van der Waals surface area contributed by atoms with Crippen LogP contribution in [0.4, 0.5) is 0 Å².